The molecule has 0 heterocycles. The predicted molar refractivity (Wildman–Crippen MR) is 142 cm³/mol. The summed E-state index contributed by atoms with van der Waals surface area (Å²) < 4.78 is 49.8. The number of hydrogen-bond donors (Lipinski definition) is 0. The summed E-state index contributed by atoms with van der Waals surface area (Å²) in [7, 11) is 0. The summed E-state index contributed by atoms with van der Waals surface area (Å²) in [5, 5.41) is 0. The summed E-state index contributed by atoms with van der Waals surface area (Å²) in [6, 6.07) is 15.6. The van der Waals surface area contributed by atoms with Gasteiger partial charge in [-0.2, -0.15) is 4.39 Å². The molecule has 1 saturated carbocycles. The molecule has 1 fully saturated rings. The Bertz CT molecular complexity index is 1170. The molecule has 0 unspecified atom stereocenters. The number of hydrogen-bond acceptors (Lipinski definition) is 1. The zero-order valence-electron chi connectivity index (χ0n) is 21.2. The van der Waals surface area contributed by atoms with Crippen molar-refractivity contribution in [3.8, 4) is 28.0 Å². The number of allylic oxidation sites excluding steroid dienone is 2. The molecule has 1 aliphatic rings. The third-order valence-electron chi connectivity index (χ3n) is 7.26. The van der Waals surface area contributed by atoms with Crippen molar-refractivity contribution in [3.05, 3.63) is 89.8 Å². The van der Waals surface area contributed by atoms with Crippen molar-refractivity contribution in [1.29, 1.82) is 0 Å². The van der Waals surface area contributed by atoms with Gasteiger partial charge in [0.25, 0.3) is 0 Å². The molecular formula is C32H35F3O. The van der Waals surface area contributed by atoms with E-state index in [0.717, 1.165) is 61.6 Å². The first kappa shape index (κ1) is 26.1. The van der Waals surface area contributed by atoms with E-state index in [4.69, 9.17) is 4.74 Å². The topological polar surface area (TPSA) is 9.23 Å². The molecule has 4 rings (SSSR count). The molecule has 0 aliphatic heterocycles. The molecule has 0 saturated heterocycles. The molecule has 0 N–H and O–H groups in total. The first-order chi connectivity index (χ1) is 17.5. The zero-order valence-corrected chi connectivity index (χ0v) is 21.2. The van der Waals surface area contributed by atoms with Crippen LogP contribution in [0, 0.1) is 23.4 Å². The minimum absolute atomic E-state index is 0.0603. The van der Waals surface area contributed by atoms with Gasteiger partial charge < -0.3 is 4.74 Å². The highest BCUT2D eigenvalue weighted by Gasteiger charge is 2.23. The summed E-state index contributed by atoms with van der Waals surface area (Å²) in [4.78, 5) is 0. The first-order valence-electron chi connectivity index (χ1n) is 13.2. The second-order valence-electron chi connectivity index (χ2n) is 9.75. The normalized spacial score (nSPS) is 18.0. The van der Waals surface area contributed by atoms with Crippen molar-refractivity contribution >= 4 is 0 Å². The van der Waals surface area contributed by atoms with Crippen molar-refractivity contribution in [3.63, 3.8) is 0 Å². The van der Waals surface area contributed by atoms with Gasteiger partial charge in [0.05, 0.1) is 6.61 Å². The fraction of sp³-hybridized carbons (Fsp3) is 0.375. The van der Waals surface area contributed by atoms with E-state index in [9.17, 15) is 8.78 Å². The quantitative estimate of drug-likeness (QED) is 0.213. The van der Waals surface area contributed by atoms with Crippen LogP contribution >= 0.6 is 0 Å². The van der Waals surface area contributed by atoms with Crippen molar-refractivity contribution in [1.82, 2.24) is 0 Å². The molecule has 1 nitrogen and oxygen atoms in total. The molecule has 0 aromatic heterocycles. The third-order valence-corrected chi connectivity index (χ3v) is 7.26. The molecular weight excluding hydrogens is 457 g/mol. The molecule has 0 radical (unpaired) electrons. The van der Waals surface area contributed by atoms with Crippen LogP contribution in [0.3, 0.4) is 0 Å². The Morgan fingerprint density at radius 3 is 2.17 bits per heavy atom. The molecule has 36 heavy (non-hydrogen) atoms. The average Bonchev–Trinajstić information content (AvgIpc) is 2.90. The molecule has 0 bridgehead atoms. The smallest absolute Gasteiger partial charge is 0.201 e. The van der Waals surface area contributed by atoms with Gasteiger partial charge in [0.15, 0.2) is 11.6 Å². The van der Waals surface area contributed by atoms with Crippen LogP contribution in [0.5, 0.6) is 5.75 Å². The van der Waals surface area contributed by atoms with Crippen LogP contribution in [0.4, 0.5) is 13.2 Å². The fourth-order valence-corrected chi connectivity index (χ4v) is 5.18. The van der Waals surface area contributed by atoms with Gasteiger partial charge in [-0.15, -0.1) is 0 Å². The van der Waals surface area contributed by atoms with Crippen LogP contribution in [0.1, 0.15) is 70.3 Å². The minimum Gasteiger partial charge on any atom is -0.490 e. The molecule has 0 atom stereocenters. The highest BCUT2D eigenvalue weighted by atomic mass is 19.2. The highest BCUT2D eigenvalue weighted by Crippen LogP contribution is 2.38. The summed E-state index contributed by atoms with van der Waals surface area (Å²) in [6.45, 7) is 4.49. The summed E-state index contributed by atoms with van der Waals surface area (Å²) in [5.74, 6) is -1.25. The van der Waals surface area contributed by atoms with E-state index < -0.39 is 11.6 Å². The lowest BCUT2D eigenvalue weighted by atomic mass is 9.78. The van der Waals surface area contributed by atoms with Gasteiger partial charge in [0.1, 0.15) is 5.82 Å². The Morgan fingerprint density at radius 1 is 0.806 bits per heavy atom. The van der Waals surface area contributed by atoms with Crippen LogP contribution in [0.15, 0.2) is 66.7 Å². The zero-order chi connectivity index (χ0) is 25.5. The minimum atomic E-state index is -0.967. The molecule has 190 valence electrons. The Balaban J connectivity index is 1.46. The SMILES string of the molecule is C/C=C/C1CCC(c2ccc(-c3ccc(-c4ccc(OCCCCC)c(F)c4F)cc3)cc2F)CC1. The lowest BCUT2D eigenvalue weighted by Gasteiger charge is -2.27. The standard InChI is InChI=1S/C32H35F3O/c1-3-5-6-20-36-30-19-18-28(31(34)32(30)35)25-14-12-23(13-15-25)26-16-17-27(29(33)21-26)24-10-8-22(7-4-2)9-11-24/h4,7,12-19,21-22,24H,3,5-6,8-11,20H2,1-2H3/b7-4+. The lowest BCUT2D eigenvalue weighted by Crippen LogP contribution is -2.12. The second kappa shape index (κ2) is 12.3. The molecule has 0 spiro atoms. The van der Waals surface area contributed by atoms with E-state index in [-0.39, 0.29) is 23.0 Å². The largest absolute Gasteiger partial charge is 0.490 e. The van der Waals surface area contributed by atoms with Gasteiger partial charge in [0, 0.05) is 5.56 Å². The van der Waals surface area contributed by atoms with Crippen LogP contribution in [-0.2, 0) is 0 Å². The summed E-state index contributed by atoms with van der Waals surface area (Å²) in [6.07, 6.45) is 11.4. The Hall–Kier alpha value is -3.01. The third kappa shape index (κ3) is 6.03. The van der Waals surface area contributed by atoms with Crippen LogP contribution in [0.25, 0.3) is 22.3 Å². The Morgan fingerprint density at radius 2 is 1.50 bits per heavy atom. The van der Waals surface area contributed by atoms with Gasteiger partial charge in [-0.3, -0.25) is 0 Å². The maximum absolute atomic E-state index is 15.1. The molecule has 4 heteroatoms. The van der Waals surface area contributed by atoms with Crippen molar-refractivity contribution < 1.29 is 17.9 Å². The Labute approximate surface area is 213 Å². The van der Waals surface area contributed by atoms with Gasteiger partial charge in [0.2, 0.25) is 5.82 Å². The summed E-state index contributed by atoms with van der Waals surface area (Å²) >= 11 is 0. The van der Waals surface area contributed by atoms with Crippen LogP contribution in [0.2, 0.25) is 0 Å². The van der Waals surface area contributed by atoms with E-state index in [2.05, 4.69) is 19.1 Å². The fourth-order valence-electron chi connectivity index (χ4n) is 5.18. The van der Waals surface area contributed by atoms with Gasteiger partial charge in [-0.25, -0.2) is 8.78 Å². The van der Waals surface area contributed by atoms with Crippen LogP contribution < -0.4 is 4.74 Å². The van der Waals surface area contributed by atoms with E-state index in [1.165, 1.54) is 6.07 Å². The Kier molecular flexibility index (Phi) is 8.90. The van der Waals surface area contributed by atoms with Gasteiger partial charge in [-0.1, -0.05) is 68.3 Å². The summed E-state index contributed by atoms with van der Waals surface area (Å²) in [5.41, 5.74) is 3.13. The van der Waals surface area contributed by atoms with Crippen molar-refractivity contribution in [2.75, 3.05) is 6.61 Å². The maximum Gasteiger partial charge on any atom is 0.201 e. The van der Waals surface area contributed by atoms with E-state index in [1.54, 1.807) is 24.3 Å². The number of halogens is 3. The number of ether oxygens (including phenoxy) is 1. The van der Waals surface area contributed by atoms with E-state index in [1.807, 2.05) is 31.2 Å². The van der Waals surface area contributed by atoms with E-state index >= 15 is 4.39 Å². The lowest BCUT2D eigenvalue weighted by molar-refractivity contribution is 0.286. The molecule has 3 aromatic carbocycles. The average molecular weight is 493 g/mol. The molecule has 3 aromatic rings. The first-order valence-corrected chi connectivity index (χ1v) is 13.2. The van der Waals surface area contributed by atoms with Gasteiger partial charge in [-0.05, 0) is 91.3 Å². The number of benzene rings is 3. The monoisotopic (exact) mass is 492 g/mol. The van der Waals surface area contributed by atoms with E-state index in [0.29, 0.717) is 18.1 Å². The van der Waals surface area contributed by atoms with Gasteiger partial charge >= 0.3 is 0 Å². The second-order valence-corrected chi connectivity index (χ2v) is 9.75. The number of rotatable bonds is 9. The number of unbranched alkanes of at least 4 members (excludes halogenated alkanes) is 2. The van der Waals surface area contributed by atoms with Crippen LogP contribution in [-0.4, -0.2) is 6.61 Å². The maximum atomic E-state index is 15.1. The highest BCUT2D eigenvalue weighted by molar-refractivity contribution is 5.71. The molecule has 1 aliphatic carbocycles. The molecule has 0 amide bonds. The van der Waals surface area contributed by atoms with Crippen molar-refractivity contribution in [2.24, 2.45) is 5.92 Å². The predicted octanol–water partition coefficient (Wildman–Crippen LogP) is 9.86. The van der Waals surface area contributed by atoms with Crippen molar-refractivity contribution in [2.45, 2.75) is 64.7 Å².